The van der Waals surface area contributed by atoms with Gasteiger partial charge in [-0.3, -0.25) is 9.59 Å². The third-order valence-corrected chi connectivity index (χ3v) is 2.34. The molecular formula is C10H18N2O3. The number of amides is 1. The summed E-state index contributed by atoms with van der Waals surface area (Å²) in [6.45, 7) is 5.11. The van der Waals surface area contributed by atoms with E-state index in [9.17, 15) is 9.59 Å². The maximum Gasteiger partial charge on any atom is 0.307 e. The van der Waals surface area contributed by atoms with E-state index < -0.39 is 0 Å². The van der Waals surface area contributed by atoms with Crippen LogP contribution in [-0.4, -0.2) is 49.6 Å². The Kier molecular flexibility index (Phi) is 5.10. The van der Waals surface area contributed by atoms with Crippen molar-refractivity contribution in [3.05, 3.63) is 0 Å². The minimum atomic E-state index is -0.166. The molecule has 0 aromatic rings. The predicted octanol–water partition coefficient (Wildman–Crippen LogP) is -0.238. The minimum absolute atomic E-state index is 0.0913. The molecule has 1 saturated heterocycles. The molecule has 0 saturated carbocycles. The fourth-order valence-electron chi connectivity index (χ4n) is 1.52. The Morgan fingerprint density at radius 2 is 2.33 bits per heavy atom. The number of rotatable bonds is 4. The normalized spacial score (nSPS) is 18.1. The van der Waals surface area contributed by atoms with Crippen molar-refractivity contribution in [1.82, 2.24) is 10.2 Å². The summed E-state index contributed by atoms with van der Waals surface area (Å²) in [5, 5.41) is 2.79. The molecule has 0 spiro atoms. The number of esters is 1. The van der Waals surface area contributed by atoms with Crippen molar-refractivity contribution >= 4 is 11.9 Å². The standard InChI is InChI=1S/C10H18N2O3/c1-2-15-10(14)4-7-12-6-3-9(13)11-5-8-12/h2-8H2,1H3,(H,11,13). The zero-order chi connectivity index (χ0) is 11.1. The van der Waals surface area contributed by atoms with Crippen molar-refractivity contribution in [3.63, 3.8) is 0 Å². The van der Waals surface area contributed by atoms with Crippen LogP contribution in [0.25, 0.3) is 0 Å². The van der Waals surface area contributed by atoms with Crippen LogP contribution in [0.4, 0.5) is 0 Å². The van der Waals surface area contributed by atoms with Crippen molar-refractivity contribution in [2.24, 2.45) is 0 Å². The van der Waals surface area contributed by atoms with Gasteiger partial charge in [-0.1, -0.05) is 0 Å². The molecule has 15 heavy (non-hydrogen) atoms. The minimum Gasteiger partial charge on any atom is -0.466 e. The van der Waals surface area contributed by atoms with Gasteiger partial charge in [0.05, 0.1) is 13.0 Å². The van der Waals surface area contributed by atoms with Crippen LogP contribution >= 0.6 is 0 Å². The van der Waals surface area contributed by atoms with Crippen LogP contribution in [0.3, 0.4) is 0 Å². The second-order valence-electron chi connectivity index (χ2n) is 3.50. The van der Waals surface area contributed by atoms with E-state index in [1.807, 2.05) is 0 Å². The van der Waals surface area contributed by atoms with Crippen LogP contribution < -0.4 is 5.32 Å². The molecule has 1 rings (SSSR count). The first-order chi connectivity index (χ1) is 7.22. The van der Waals surface area contributed by atoms with Gasteiger partial charge in [0.25, 0.3) is 0 Å². The first-order valence-corrected chi connectivity index (χ1v) is 5.37. The van der Waals surface area contributed by atoms with E-state index in [4.69, 9.17) is 4.74 Å². The largest absolute Gasteiger partial charge is 0.466 e. The molecule has 5 nitrogen and oxygen atoms in total. The number of nitrogens with one attached hydrogen (secondary N) is 1. The first-order valence-electron chi connectivity index (χ1n) is 5.37. The molecule has 1 aliphatic rings. The van der Waals surface area contributed by atoms with Crippen molar-refractivity contribution in [2.45, 2.75) is 19.8 Å². The smallest absolute Gasteiger partial charge is 0.307 e. The van der Waals surface area contributed by atoms with Crippen LogP contribution in [0, 0.1) is 0 Å². The maximum absolute atomic E-state index is 11.1. The van der Waals surface area contributed by atoms with Gasteiger partial charge >= 0.3 is 5.97 Å². The average Bonchev–Trinajstić information content (AvgIpc) is 2.41. The highest BCUT2D eigenvalue weighted by atomic mass is 16.5. The molecule has 1 N–H and O–H groups in total. The van der Waals surface area contributed by atoms with Crippen molar-refractivity contribution < 1.29 is 14.3 Å². The molecule has 1 aliphatic heterocycles. The van der Waals surface area contributed by atoms with E-state index in [0.717, 1.165) is 13.1 Å². The zero-order valence-electron chi connectivity index (χ0n) is 9.12. The van der Waals surface area contributed by atoms with Crippen molar-refractivity contribution in [2.75, 3.05) is 32.8 Å². The van der Waals surface area contributed by atoms with Gasteiger partial charge in [0, 0.05) is 32.6 Å². The Morgan fingerprint density at radius 3 is 3.07 bits per heavy atom. The van der Waals surface area contributed by atoms with Crippen molar-refractivity contribution in [3.8, 4) is 0 Å². The van der Waals surface area contributed by atoms with Gasteiger partial charge in [-0.25, -0.2) is 0 Å². The fraction of sp³-hybridized carbons (Fsp3) is 0.800. The Morgan fingerprint density at radius 1 is 1.53 bits per heavy atom. The predicted molar refractivity (Wildman–Crippen MR) is 55.3 cm³/mol. The van der Waals surface area contributed by atoms with E-state index in [1.165, 1.54) is 0 Å². The van der Waals surface area contributed by atoms with Crippen LogP contribution in [0.2, 0.25) is 0 Å². The summed E-state index contributed by atoms with van der Waals surface area (Å²) in [6.07, 6.45) is 0.921. The Bertz CT molecular complexity index is 231. The highest BCUT2D eigenvalue weighted by Crippen LogP contribution is 1.98. The fourth-order valence-corrected chi connectivity index (χ4v) is 1.52. The molecule has 1 heterocycles. The molecule has 1 fully saturated rings. The van der Waals surface area contributed by atoms with E-state index in [0.29, 0.717) is 32.5 Å². The molecule has 0 radical (unpaired) electrons. The van der Waals surface area contributed by atoms with E-state index in [2.05, 4.69) is 10.2 Å². The summed E-state index contributed by atoms with van der Waals surface area (Å²) in [7, 11) is 0. The maximum atomic E-state index is 11.1. The summed E-state index contributed by atoms with van der Waals surface area (Å²) in [4.78, 5) is 24.3. The number of hydrogen-bond donors (Lipinski definition) is 1. The molecule has 0 aromatic heterocycles. The average molecular weight is 214 g/mol. The lowest BCUT2D eigenvalue weighted by Crippen LogP contribution is -2.30. The number of carbonyl (C=O) groups is 2. The monoisotopic (exact) mass is 214 g/mol. The van der Waals surface area contributed by atoms with Crippen LogP contribution in [0.1, 0.15) is 19.8 Å². The lowest BCUT2D eigenvalue weighted by Gasteiger charge is -2.17. The first kappa shape index (κ1) is 12.0. The molecule has 0 bridgehead atoms. The van der Waals surface area contributed by atoms with Crippen molar-refractivity contribution in [1.29, 1.82) is 0 Å². The Balaban J connectivity index is 2.20. The third kappa shape index (κ3) is 4.78. The Labute approximate surface area is 89.8 Å². The van der Waals surface area contributed by atoms with Gasteiger partial charge in [-0.2, -0.15) is 0 Å². The summed E-state index contributed by atoms with van der Waals surface area (Å²) < 4.78 is 4.84. The van der Waals surface area contributed by atoms with Gasteiger partial charge in [-0.05, 0) is 6.92 Å². The van der Waals surface area contributed by atoms with Gasteiger partial charge in [0.2, 0.25) is 5.91 Å². The molecule has 1 amide bonds. The number of carbonyl (C=O) groups excluding carboxylic acids is 2. The number of ether oxygens (including phenoxy) is 1. The van der Waals surface area contributed by atoms with Gasteiger partial charge < -0.3 is 15.0 Å². The molecule has 5 heteroatoms. The van der Waals surface area contributed by atoms with E-state index in [-0.39, 0.29) is 11.9 Å². The van der Waals surface area contributed by atoms with Crippen LogP contribution in [0.15, 0.2) is 0 Å². The third-order valence-electron chi connectivity index (χ3n) is 2.34. The lowest BCUT2D eigenvalue weighted by atomic mass is 10.3. The zero-order valence-corrected chi connectivity index (χ0v) is 9.12. The molecule has 0 aromatic carbocycles. The van der Waals surface area contributed by atoms with E-state index >= 15 is 0 Å². The molecule has 86 valence electrons. The number of hydrogen-bond acceptors (Lipinski definition) is 4. The molecule has 0 aliphatic carbocycles. The topological polar surface area (TPSA) is 58.6 Å². The number of nitrogens with zero attached hydrogens (tertiary/aromatic N) is 1. The highest BCUT2D eigenvalue weighted by Gasteiger charge is 2.14. The lowest BCUT2D eigenvalue weighted by molar-refractivity contribution is -0.143. The summed E-state index contributed by atoms with van der Waals surface area (Å²) >= 11 is 0. The van der Waals surface area contributed by atoms with Crippen LogP contribution in [-0.2, 0) is 14.3 Å². The van der Waals surface area contributed by atoms with E-state index in [1.54, 1.807) is 6.92 Å². The van der Waals surface area contributed by atoms with Gasteiger partial charge in [0.1, 0.15) is 0 Å². The molecule has 0 atom stereocenters. The van der Waals surface area contributed by atoms with Gasteiger partial charge in [0.15, 0.2) is 0 Å². The Hall–Kier alpha value is -1.10. The SMILES string of the molecule is CCOC(=O)CCN1CCNC(=O)CC1. The summed E-state index contributed by atoms with van der Waals surface area (Å²) in [5.74, 6) is -0.0744. The quantitative estimate of drug-likeness (QED) is 0.656. The summed E-state index contributed by atoms with van der Waals surface area (Å²) in [6, 6.07) is 0. The second-order valence-corrected chi connectivity index (χ2v) is 3.50. The molecular weight excluding hydrogens is 196 g/mol. The van der Waals surface area contributed by atoms with Gasteiger partial charge in [-0.15, -0.1) is 0 Å². The van der Waals surface area contributed by atoms with Crippen LogP contribution in [0.5, 0.6) is 0 Å². The summed E-state index contributed by atoms with van der Waals surface area (Å²) in [5.41, 5.74) is 0. The highest BCUT2D eigenvalue weighted by molar-refractivity contribution is 5.76. The molecule has 0 unspecified atom stereocenters. The second kappa shape index (κ2) is 6.40.